The second kappa shape index (κ2) is 7.39. The third-order valence-corrected chi connectivity index (χ3v) is 3.89. The van der Waals surface area contributed by atoms with Crippen LogP contribution in [0.15, 0.2) is 24.3 Å². The first-order chi connectivity index (χ1) is 8.66. The number of hydrogen-bond acceptors (Lipinski definition) is 2. The van der Waals surface area contributed by atoms with Crippen LogP contribution in [0.3, 0.4) is 0 Å². The van der Waals surface area contributed by atoms with Crippen LogP contribution in [0, 0.1) is 5.92 Å². The van der Waals surface area contributed by atoms with Gasteiger partial charge in [-0.15, -0.1) is 12.4 Å². The van der Waals surface area contributed by atoms with E-state index in [1.54, 1.807) is 24.3 Å². The molecule has 0 spiro atoms. The molecule has 4 heteroatoms. The molecule has 1 fully saturated rings. The Labute approximate surface area is 121 Å². The molecule has 1 aromatic rings. The van der Waals surface area contributed by atoms with Crippen LogP contribution < -0.4 is 11.1 Å². The van der Waals surface area contributed by atoms with E-state index in [1.165, 1.54) is 32.1 Å². The predicted molar refractivity (Wildman–Crippen MR) is 81.6 cm³/mol. The maximum Gasteiger partial charge on any atom is 0.251 e. The minimum Gasteiger partial charge on any atom is -0.399 e. The summed E-state index contributed by atoms with van der Waals surface area (Å²) in [6.45, 7) is 2.12. The van der Waals surface area contributed by atoms with Crippen molar-refractivity contribution in [3.63, 3.8) is 0 Å². The van der Waals surface area contributed by atoms with Crippen molar-refractivity contribution >= 4 is 24.0 Å². The normalized spacial score (nSPS) is 17.3. The lowest BCUT2D eigenvalue weighted by atomic mass is 9.84. The van der Waals surface area contributed by atoms with Crippen molar-refractivity contribution in [2.24, 2.45) is 5.92 Å². The molecule has 0 aliphatic heterocycles. The molecule has 1 amide bonds. The Balaban J connectivity index is 0.00000180. The number of nitrogens with one attached hydrogen (secondary N) is 1. The zero-order valence-electron chi connectivity index (χ0n) is 11.4. The van der Waals surface area contributed by atoms with Crippen LogP contribution in [-0.2, 0) is 0 Å². The number of rotatable bonds is 3. The van der Waals surface area contributed by atoms with E-state index in [2.05, 4.69) is 12.2 Å². The number of halogens is 1. The maximum absolute atomic E-state index is 12.1. The van der Waals surface area contributed by atoms with Crippen molar-refractivity contribution in [1.29, 1.82) is 0 Å². The third-order valence-electron chi connectivity index (χ3n) is 3.89. The van der Waals surface area contributed by atoms with Gasteiger partial charge >= 0.3 is 0 Å². The topological polar surface area (TPSA) is 55.1 Å². The summed E-state index contributed by atoms with van der Waals surface area (Å²) in [5, 5.41) is 3.11. The van der Waals surface area contributed by atoms with Crippen LogP contribution in [-0.4, -0.2) is 11.9 Å². The Hall–Kier alpha value is -1.22. The fourth-order valence-corrected chi connectivity index (χ4v) is 2.68. The number of nitrogens with two attached hydrogens (primary N) is 1. The van der Waals surface area contributed by atoms with E-state index in [0.717, 1.165) is 0 Å². The molecule has 1 atom stereocenters. The largest absolute Gasteiger partial charge is 0.399 e. The lowest BCUT2D eigenvalue weighted by Gasteiger charge is -2.28. The van der Waals surface area contributed by atoms with E-state index in [4.69, 9.17) is 5.73 Å². The van der Waals surface area contributed by atoms with Gasteiger partial charge in [-0.3, -0.25) is 4.79 Å². The minimum absolute atomic E-state index is 0. The average Bonchev–Trinajstić information content (AvgIpc) is 2.40. The van der Waals surface area contributed by atoms with Crippen molar-refractivity contribution in [1.82, 2.24) is 5.32 Å². The molecule has 3 N–H and O–H groups in total. The molecule has 0 bridgehead atoms. The SMILES string of the molecule is CC(NC(=O)c1ccc(N)cc1)C1CCCCC1.Cl. The lowest BCUT2D eigenvalue weighted by molar-refractivity contribution is 0.0919. The highest BCUT2D eigenvalue weighted by molar-refractivity contribution is 5.94. The van der Waals surface area contributed by atoms with Crippen LogP contribution in [0.25, 0.3) is 0 Å². The zero-order chi connectivity index (χ0) is 13.0. The highest BCUT2D eigenvalue weighted by Gasteiger charge is 2.21. The van der Waals surface area contributed by atoms with Gasteiger partial charge < -0.3 is 11.1 Å². The van der Waals surface area contributed by atoms with E-state index in [-0.39, 0.29) is 24.4 Å². The molecule has 1 aliphatic carbocycles. The van der Waals surface area contributed by atoms with Gasteiger partial charge in [0.25, 0.3) is 5.91 Å². The van der Waals surface area contributed by atoms with Gasteiger partial charge in [-0.05, 0) is 49.9 Å². The molecular formula is C15H23ClN2O. The molecule has 1 unspecified atom stereocenters. The smallest absolute Gasteiger partial charge is 0.251 e. The summed E-state index contributed by atoms with van der Waals surface area (Å²) in [6, 6.07) is 7.34. The lowest BCUT2D eigenvalue weighted by Crippen LogP contribution is -2.38. The van der Waals surface area contributed by atoms with Gasteiger partial charge in [-0.25, -0.2) is 0 Å². The molecule has 0 aromatic heterocycles. The van der Waals surface area contributed by atoms with Crippen molar-refractivity contribution in [2.45, 2.75) is 45.1 Å². The Morgan fingerprint density at radius 2 is 1.79 bits per heavy atom. The van der Waals surface area contributed by atoms with Crippen molar-refractivity contribution in [2.75, 3.05) is 5.73 Å². The zero-order valence-corrected chi connectivity index (χ0v) is 12.2. The molecule has 1 aromatic carbocycles. The van der Waals surface area contributed by atoms with Crippen molar-refractivity contribution < 1.29 is 4.79 Å². The molecule has 0 heterocycles. The molecule has 1 aliphatic rings. The van der Waals surface area contributed by atoms with E-state index in [0.29, 0.717) is 17.2 Å². The number of benzene rings is 1. The molecule has 19 heavy (non-hydrogen) atoms. The summed E-state index contributed by atoms with van der Waals surface area (Å²) in [5.74, 6) is 0.643. The van der Waals surface area contributed by atoms with Crippen LogP contribution in [0.4, 0.5) is 5.69 Å². The van der Waals surface area contributed by atoms with Crippen LogP contribution in [0.2, 0.25) is 0 Å². The van der Waals surface area contributed by atoms with Gasteiger partial charge in [-0.1, -0.05) is 19.3 Å². The molecule has 2 rings (SSSR count). The van der Waals surface area contributed by atoms with Gasteiger partial charge in [0.15, 0.2) is 0 Å². The number of anilines is 1. The number of carbonyl (C=O) groups is 1. The van der Waals surface area contributed by atoms with E-state index in [1.807, 2.05) is 0 Å². The first-order valence-electron chi connectivity index (χ1n) is 6.83. The monoisotopic (exact) mass is 282 g/mol. The second-order valence-corrected chi connectivity index (χ2v) is 5.28. The number of amides is 1. The fraction of sp³-hybridized carbons (Fsp3) is 0.533. The van der Waals surface area contributed by atoms with Gasteiger partial charge in [0.1, 0.15) is 0 Å². The molecule has 0 radical (unpaired) electrons. The third kappa shape index (κ3) is 4.43. The predicted octanol–water partition coefficient (Wildman–Crippen LogP) is 3.39. The summed E-state index contributed by atoms with van der Waals surface area (Å²) < 4.78 is 0. The quantitative estimate of drug-likeness (QED) is 0.835. The fourth-order valence-electron chi connectivity index (χ4n) is 2.68. The first-order valence-corrected chi connectivity index (χ1v) is 6.83. The van der Waals surface area contributed by atoms with Crippen LogP contribution in [0.5, 0.6) is 0 Å². The van der Waals surface area contributed by atoms with Gasteiger partial charge in [0.2, 0.25) is 0 Å². The van der Waals surface area contributed by atoms with Crippen LogP contribution >= 0.6 is 12.4 Å². The Morgan fingerprint density at radius 1 is 1.21 bits per heavy atom. The Kier molecular flexibility index (Phi) is 6.16. The van der Waals surface area contributed by atoms with E-state index >= 15 is 0 Å². The molecule has 106 valence electrons. The molecular weight excluding hydrogens is 260 g/mol. The standard InChI is InChI=1S/C15H22N2O.ClH/c1-11(12-5-3-2-4-6-12)17-15(18)13-7-9-14(16)10-8-13;/h7-12H,2-6,16H2,1H3,(H,17,18);1H. The molecule has 0 saturated heterocycles. The van der Waals surface area contributed by atoms with Gasteiger partial charge in [-0.2, -0.15) is 0 Å². The van der Waals surface area contributed by atoms with Crippen LogP contribution in [0.1, 0.15) is 49.4 Å². The Bertz CT molecular complexity index is 399. The van der Waals surface area contributed by atoms with E-state index < -0.39 is 0 Å². The summed E-state index contributed by atoms with van der Waals surface area (Å²) in [7, 11) is 0. The first kappa shape index (κ1) is 15.8. The second-order valence-electron chi connectivity index (χ2n) is 5.28. The van der Waals surface area contributed by atoms with Gasteiger partial charge in [0, 0.05) is 17.3 Å². The Morgan fingerprint density at radius 3 is 2.37 bits per heavy atom. The average molecular weight is 283 g/mol. The maximum atomic E-state index is 12.1. The van der Waals surface area contributed by atoms with Crippen molar-refractivity contribution in [3.05, 3.63) is 29.8 Å². The van der Waals surface area contributed by atoms with Crippen molar-refractivity contribution in [3.8, 4) is 0 Å². The highest BCUT2D eigenvalue weighted by atomic mass is 35.5. The summed E-state index contributed by atoms with van der Waals surface area (Å²) in [4.78, 5) is 12.1. The highest BCUT2D eigenvalue weighted by Crippen LogP contribution is 2.26. The summed E-state index contributed by atoms with van der Waals surface area (Å²) in [5.41, 5.74) is 6.99. The van der Waals surface area contributed by atoms with Gasteiger partial charge in [0.05, 0.1) is 0 Å². The molecule has 1 saturated carbocycles. The summed E-state index contributed by atoms with van der Waals surface area (Å²) >= 11 is 0. The minimum atomic E-state index is 0. The summed E-state index contributed by atoms with van der Waals surface area (Å²) in [6.07, 6.45) is 6.42. The molecule has 3 nitrogen and oxygen atoms in total. The number of carbonyl (C=O) groups excluding carboxylic acids is 1. The number of nitrogen functional groups attached to an aromatic ring is 1. The van der Waals surface area contributed by atoms with E-state index in [9.17, 15) is 4.79 Å². The number of hydrogen-bond donors (Lipinski definition) is 2.